The van der Waals surface area contributed by atoms with E-state index in [0.717, 1.165) is 16.8 Å². The third-order valence-corrected chi connectivity index (χ3v) is 3.28. The summed E-state index contributed by atoms with van der Waals surface area (Å²) in [4.78, 5) is 0. The molecule has 0 fully saturated rings. The van der Waals surface area contributed by atoms with Gasteiger partial charge in [0.2, 0.25) is 0 Å². The van der Waals surface area contributed by atoms with E-state index in [1.54, 1.807) is 0 Å². The standard InChI is InChI=1S/C11H8BrF4N3O/c1-19-8(10(12)17-18-19)9(20)5-3-2-4-6(7(5)13)11(14,15)16/h2-4,9,20H,1H3. The van der Waals surface area contributed by atoms with Crippen LogP contribution in [0.25, 0.3) is 0 Å². The van der Waals surface area contributed by atoms with E-state index in [4.69, 9.17) is 0 Å². The number of rotatable bonds is 2. The van der Waals surface area contributed by atoms with Crippen molar-refractivity contribution in [3.63, 3.8) is 0 Å². The highest BCUT2D eigenvalue weighted by Crippen LogP contribution is 2.36. The van der Waals surface area contributed by atoms with Gasteiger partial charge in [-0.1, -0.05) is 17.3 Å². The SMILES string of the molecule is Cn1nnc(Br)c1C(O)c1cccc(C(F)(F)F)c1F. The molecule has 0 aliphatic heterocycles. The molecule has 108 valence electrons. The number of halogens is 5. The zero-order valence-corrected chi connectivity index (χ0v) is 11.6. The highest BCUT2D eigenvalue weighted by molar-refractivity contribution is 9.10. The highest BCUT2D eigenvalue weighted by atomic mass is 79.9. The van der Waals surface area contributed by atoms with Crippen LogP contribution in [0.15, 0.2) is 22.8 Å². The molecule has 2 aromatic rings. The van der Waals surface area contributed by atoms with Gasteiger partial charge >= 0.3 is 6.18 Å². The second kappa shape index (κ2) is 5.13. The van der Waals surface area contributed by atoms with Gasteiger partial charge in [0.1, 0.15) is 17.6 Å². The Balaban J connectivity index is 2.54. The van der Waals surface area contributed by atoms with Crippen molar-refractivity contribution >= 4 is 15.9 Å². The molecule has 0 amide bonds. The monoisotopic (exact) mass is 353 g/mol. The van der Waals surface area contributed by atoms with E-state index < -0.39 is 29.2 Å². The van der Waals surface area contributed by atoms with Gasteiger partial charge in [0.05, 0.1) is 5.56 Å². The predicted octanol–water partition coefficient (Wildman–Crippen LogP) is 2.82. The van der Waals surface area contributed by atoms with E-state index in [9.17, 15) is 22.7 Å². The summed E-state index contributed by atoms with van der Waals surface area (Å²) in [6.07, 6.45) is -6.45. The van der Waals surface area contributed by atoms with E-state index >= 15 is 0 Å². The first kappa shape index (κ1) is 14.9. The Kier molecular flexibility index (Phi) is 3.83. The predicted molar refractivity (Wildman–Crippen MR) is 64.2 cm³/mol. The Bertz CT molecular complexity index is 622. The number of hydrogen-bond donors (Lipinski definition) is 1. The van der Waals surface area contributed by atoms with Crippen LogP contribution < -0.4 is 0 Å². The Labute approximate surface area is 119 Å². The summed E-state index contributed by atoms with van der Waals surface area (Å²) in [6, 6.07) is 2.72. The van der Waals surface area contributed by atoms with Crippen LogP contribution >= 0.6 is 15.9 Å². The first-order valence-corrected chi connectivity index (χ1v) is 6.11. The third-order valence-electron chi connectivity index (χ3n) is 2.71. The zero-order valence-electron chi connectivity index (χ0n) is 9.99. The van der Waals surface area contributed by atoms with Crippen molar-refractivity contribution in [3.8, 4) is 0 Å². The lowest BCUT2D eigenvalue weighted by molar-refractivity contribution is -0.140. The van der Waals surface area contributed by atoms with Crippen LogP contribution in [-0.4, -0.2) is 20.1 Å². The van der Waals surface area contributed by atoms with E-state index in [1.165, 1.54) is 7.05 Å². The van der Waals surface area contributed by atoms with Crippen LogP contribution in [0.4, 0.5) is 17.6 Å². The fraction of sp³-hybridized carbons (Fsp3) is 0.273. The van der Waals surface area contributed by atoms with Gasteiger partial charge in [-0.3, -0.25) is 0 Å². The Hall–Kier alpha value is -1.48. The van der Waals surface area contributed by atoms with E-state index in [1.807, 2.05) is 0 Å². The fourth-order valence-corrected chi connectivity index (χ4v) is 2.30. The molecule has 4 nitrogen and oxygen atoms in total. The van der Waals surface area contributed by atoms with Gasteiger partial charge in [0, 0.05) is 12.6 Å². The summed E-state index contributed by atoms with van der Waals surface area (Å²) in [5, 5.41) is 17.2. The van der Waals surface area contributed by atoms with E-state index in [0.29, 0.717) is 6.07 Å². The van der Waals surface area contributed by atoms with Gasteiger partial charge in [-0.15, -0.1) is 5.10 Å². The van der Waals surface area contributed by atoms with Crippen molar-refractivity contribution in [1.82, 2.24) is 15.0 Å². The Morgan fingerprint density at radius 3 is 2.50 bits per heavy atom. The molecule has 1 heterocycles. The van der Waals surface area contributed by atoms with Crippen LogP contribution in [0.5, 0.6) is 0 Å². The molecule has 1 atom stereocenters. The lowest BCUT2D eigenvalue weighted by atomic mass is 10.0. The van der Waals surface area contributed by atoms with Crippen LogP contribution in [0.3, 0.4) is 0 Å². The van der Waals surface area contributed by atoms with Crippen LogP contribution in [0.1, 0.15) is 22.9 Å². The average molecular weight is 354 g/mol. The zero-order chi connectivity index (χ0) is 15.1. The number of alkyl halides is 3. The molecule has 1 aromatic carbocycles. The molecule has 0 bridgehead atoms. The Morgan fingerprint density at radius 1 is 1.35 bits per heavy atom. The molecule has 1 N–H and O–H groups in total. The average Bonchev–Trinajstić information content (AvgIpc) is 2.67. The van der Waals surface area contributed by atoms with Crippen molar-refractivity contribution < 1.29 is 22.7 Å². The normalized spacial score (nSPS) is 13.6. The molecule has 0 spiro atoms. The lowest BCUT2D eigenvalue weighted by Crippen LogP contribution is -2.14. The van der Waals surface area contributed by atoms with Gasteiger partial charge in [0.25, 0.3) is 0 Å². The van der Waals surface area contributed by atoms with Crippen molar-refractivity contribution in [2.24, 2.45) is 7.05 Å². The smallest absolute Gasteiger partial charge is 0.382 e. The molecule has 9 heteroatoms. The summed E-state index contributed by atoms with van der Waals surface area (Å²) in [5.41, 5.74) is -1.87. The van der Waals surface area contributed by atoms with Crippen molar-refractivity contribution in [2.45, 2.75) is 12.3 Å². The minimum absolute atomic E-state index is 0.0585. The topological polar surface area (TPSA) is 50.9 Å². The maximum absolute atomic E-state index is 13.9. The fourth-order valence-electron chi connectivity index (χ4n) is 1.76. The minimum atomic E-state index is -4.83. The van der Waals surface area contributed by atoms with Gasteiger partial charge in [-0.2, -0.15) is 13.2 Å². The van der Waals surface area contributed by atoms with Gasteiger partial charge in [0.15, 0.2) is 4.60 Å². The summed E-state index contributed by atoms with van der Waals surface area (Å²) in [5.74, 6) is -1.51. The Morgan fingerprint density at radius 2 is 2.00 bits per heavy atom. The van der Waals surface area contributed by atoms with Crippen LogP contribution in [0.2, 0.25) is 0 Å². The van der Waals surface area contributed by atoms with E-state index in [-0.39, 0.29) is 10.3 Å². The molecule has 0 radical (unpaired) electrons. The number of benzene rings is 1. The number of aliphatic hydroxyl groups excluding tert-OH is 1. The second-order valence-electron chi connectivity index (χ2n) is 4.00. The highest BCUT2D eigenvalue weighted by Gasteiger charge is 2.36. The number of aliphatic hydroxyl groups is 1. The molecule has 0 aliphatic rings. The molecule has 20 heavy (non-hydrogen) atoms. The lowest BCUT2D eigenvalue weighted by Gasteiger charge is -2.15. The van der Waals surface area contributed by atoms with Gasteiger partial charge in [-0.05, 0) is 22.0 Å². The minimum Gasteiger partial charge on any atom is -0.382 e. The first-order valence-electron chi connectivity index (χ1n) is 5.32. The number of aromatic nitrogens is 3. The maximum Gasteiger partial charge on any atom is 0.419 e. The number of nitrogens with zero attached hydrogens (tertiary/aromatic N) is 3. The molecular formula is C11H8BrF4N3O. The molecule has 0 saturated heterocycles. The molecule has 2 rings (SSSR count). The molecule has 0 aliphatic carbocycles. The molecule has 1 aromatic heterocycles. The van der Waals surface area contributed by atoms with Crippen LogP contribution in [0, 0.1) is 5.82 Å². The number of hydrogen-bond acceptors (Lipinski definition) is 3. The van der Waals surface area contributed by atoms with Crippen LogP contribution in [-0.2, 0) is 13.2 Å². The van der Waals surface area contributed by atoms with Gasteiger partial charge in [-0.25, -0.2) is 9.07 Å². The quantitative estimate of drug-likeness (QED) is 0.844. The van der Waals surface area contributed by atoms with Crippen molar-refractivity contribution in [2.75, 3.05) is 0 Å². The summed E-state index contributed by atoms with van der Waals surface area (Å²) in [7, 11) is 1.43. The molecule has 0 saturated carbocycles. The third kappa shape index (κ3) is 2.55. The van der Waals surface area contributed by atoms with Crippen molar-refractivity contribution in [3.05, 3.63) is 45.4 Å². The largest absolute Gasteiger partial charge is 0.419 e. The maximum atomic E-state index is 13.9. The molecule has 1 unspecified atom stereocenters. The first-order chi connectivity index (χ1) is 9.23. The second-order valence-corrected chi connectivity index (χ2v) is 4.75. The molecular weight excluding hydrogens is 346 g/mol. The van der Waals surface area contributed by atoms with Gasteiger partial charge < -0.3 is 5.11 Å². The van der Waals surface area contributed by atoms with Crippen molar-refractivity contribution in [1.29, 1.82) is 0 Å². The summed E-state index contributed by atoms with van der Waals surface area (Å²) < 4.78 is 53.1. The number of aryl methyl sites for hydroxylation is 1. The summed E-state index contributed by atoms with van der Waals surface area (Å²) in [6.45, 7) is 0. The van der Waals surface area contributed by atoms with E-state index in [2.05, 4.69) is 26.2 Å². The summed E-state index contributed by atoms with van der Waals surface area (Å²) >= 11 is 3.00.